The highest BCUT2D eigenvalue weighted by atomic mass is 16.7. The van der Waals surface area contributed by atoms with Crippen LogP contribution < -0.4 is 9.47 Å². The van der Waals surface area contributed by atoms with E-state index in [9.17, 15) is 35.4 Å². The van der Waals surface area contributed by atoms with Crippen molar-refractivity contribution < 1.29 is 49.6 Å². The molecule has 1 saturated heterocycles. The van der Waals surface area contributed by atoms with Crippen LogP contribution in [0.5, 0.6) is 23.0 Å². The molecule has 0 aromatic heterocycles. The second-order valence-electron chi connectivity index (χ2n) is 7.40. The van der Waals surface area contributed by atoms with Gasteiger partial charge < -0.3 is 44.8 Å². The van der Waals surface area contributed by atoms with Gasteiger partial charge >= 0.3 is 0 Å². The molecule has 166 valence electrons. The predicted molar refractivity (Wildman–Crippen MR) is 103 cm³/mol. The Morgan fingerprint density at radius 1 is 1.00 bits per heavy atom. The van der Waals surface area contributed by atoms with Gasteiger partial charge in [0.15, 0.2) is 17.3 Å². The third kappa shape index (κ3) is 3.80. The summed E-state index contributed by atoms with van der Waals surface area (Å²) < 4.78 is 16.5. The van der Waals surface area contributed by atoms with Crippen LogP contribution in [-0.4, -0.2) is 73.7 Å². The van der Waals surface area contributed by atoms with Gasteiger partial charge in [0.1, 0.15) is 41.8 Å². The second kappa shape index (κ2) is 8.33. The Hall–Kier alpha value is -2.89. The number of aliphatic hydroxyl groups is 4. The van der Waals surface area contributed by atoms with E-state index in [4.69, 9.17) is 14.2 Å². The van der Waals surface area contributed by atoms with Gasteiger partial charge in [0.25, 0.3) is 0 Å². The molecule has 0 amide bonds. The Balaban J connectivity index is 1.65. The number of carbonyl (C=O) groups excluding carboxylic acids is 1. The van der Waals surface area contributed by atoms with E-state index in [2.05, 4.69) is 0 Å². The summed E-state index contributed by atoms with van der Waals surface area (Å²) in [7, 11) is 0. The van der Waals surface area contributed by atoms with Gasteiger partial charge in [-0.25, -0.2) is 0 Å². The fourth-order valence-corrected chi connectivity index (χ4v) is 3.67. The van der Waals surface area contributed by atoms with Crippen LogP contribution >= 0.6 is 0 Å². The molecule has 2 aliphatic heterocycles. The molecule has 0 spiro atoms. The molecule has 2 aromatic carbocycles. The first-order valence-corrected chi connectivity index (χ1v) is 9.62. The number of aromatic hydroxyl groups is 2. The van der Waals surface area contributed by atoms with Gasteiger partial charge in [0.2, 0.25) is 12.0 Å². The van der Waals surface area contributed by atoms with Gasteiger partial charge in [0.05, 0.1) is 13.0 Å². The van der Waals surface area contributed by atoms with Crippen LogP contribution in [0.4, 0.5) is 0 Å². The van der Waals surface area contributed by atoms with E-state index in [1.807, 2.05) is 6.07 Å². The number of ketones is 1. The van der Waals surface area contributed by atoms with Crippen molar-refractivity contribution in [3.8, 4) is 23.0 Å². The average molecular weight is 434 g/mol. The lowest BCUT2D eigenvalue weighted by Gasteiger charge is -2.39. The predicted octanol–water partition coefficient (Wildman–Crippen LogP) is -0.0170. The molecule has 1 fully saturated rings. The Morgan fingerprint density at radius 2 is 1.71 bits per heavy atom. The minimum absolute atomic E-state index is 0.0417. The summed E-state index contributed by atoms with van der Waals surface area (Å²) in [6.45, 7) is -0.664. The minimum Gasteiger partial charge on any atom is -0.504 e. The van der Waals surface area contributed by atoms with E-state index < -0.39 is 60.7 Å². The molecule has 0 aliphatic carbocycles. The highest BCUT2D eigenvalue weighted by Gasteiger charge is 2.45. The average Bonchev–Trinajstić information content (AvgIpc) is 2.77. The molecule has 2 heterocycles. The first kappa shape index (κ1) is 21.3. The summed E-state index contributed by atoms with van der Waals surface area (Å²) in [6, 6.07) is 10.1. The van der Waals surface area contributed by atoms with Crippen LogP contribution in [0.25, 0.3) is 0 Å². The first-order chi connectivity index (χ1) is 14.8. The highest BCUT2D eigenvalue weighted by molar-refractivity contribution is 6.03. The zero-order valence-electron chi connectivity index (χ0n) is 16.2. The van der Waals surface area contributed by atoms with Gasteiger partial charge in [-0.15, -0.1) is 0 Å². The fraction of sp³-hybridized carbons (Fsp3) is 0.381. The molecule has 4 rings (SSSR count). The second-order valence-corrected chi connectivity index (χ2v) is 7.40. The molecule has 6 N–H and O–H groups in total. The van der Waals surface area contributed by atoms with Crippen molar-refractivity contribution in [2.75, 3.05) is 6.61 Å². The highest BCUT2D eigenvalue weighted by Crippen LogP contribution is 2.48. The lowest BCUT2D eigenvalue weighted by Crippen LogP contribution is -2.60. The number of Topliss-reactive ketones (excluding diaryl/α,β-unsaturated/α-hetero) is 1. The number of hydrogen-bond acceptors (Lipinski definition) is 10. The maximum Gasteiger partial charge on any atom is 0.229 e. The van der Waals surface area contributed by atoms with Crippen LogP contribution in [0.15, 0.2) is 36.4 Å². The number of phenols is 2. The van der Waals surface area contributed by atoms with E-state index in [0.29, 0.717) is 0 Å². The Labute approximate surface area is 176 Å². The number of ether oxygens (including phenoxy) is 3. The number of carbonyl (C=O) groups is 1. The van der Waals surface area contributed by atoms with Gasteiger partial charge in [-0.05, 0) is 5.56 Å². The van der Waals surface area contributed by atoms with Crippen molar-refractivity contribution in [3.05, 3.63) is 47.5 Å². The standard InChI is InChI=1S/C21H22O10/c22-8-14-17(25)19(27)20(28)21(31-14)30-13-7-12-15(18(26)16(13)24)10(23)6-11(29-12)9-4-2-1-3-5-9/h1-5,7,11,14,17,19-22,24-28H,6,8H2. The summed E-state index contributed by atoms with van der Waals surface area (Å²) >= 11 is 0. The summed E-state index contributed by atoms with van der Waals surface area (Å²) in [5.41, 5.74) is 0.538. The largest absolute Gasteiger partial charge is 0.504 e. The normalized spacial score (nSPS) is 30.4. The Morgan fingerprint density at radius 3 is 2.39 bits per heavy atom. The third-order valence-corrected chi connectivity index (χ3v) is 5.38. The lowest BCUT2D eigenvalue weighted by molar-refractivity contribution is -0.277. The maximum atomic E-state index is 12.6. The number of aliphatic hydroxyl groups excluding tert-OH is 4. The van der Waals surface area contributed by atoms with Crippen LogP contribution in [0.3, 0.4) is 0 Å². The number of fused-ring (bicyclic) bond motifs is 1. The summed E-state index contributed by atoms with van der Waals surface area (Å²) in [5.74, 6) is -2.41. The van der Waals surface area contributed by atoms with Crippen molar-refractivity contribution in [3.63, 3.8) is 0 Å². The SMILES string of the molecule is O=C1CC(c2ccccc2)Oc2cc(OC3OC(CO)C(O)C(O)C3O)c(O)c(O)c21. The van der Waals surface area contributed by atoms with Crippen molar-refractivity contribution in [1.82, 2.24) is 0 Å². The van der Waals surface area contributed by atoms with Crippen molar-refractivity contribution in [2.24, 2.45) is 0 Å². The van der Waals surface area contributed by atoms with E-state index >= 15 is 0 Å². The zero-order chi connectivity index (χ0) is 22.3. The first-order valence-electron chi connectivity index (χ1n) is 9.62. The van der Waals surface area contributed by atoms with Gasteiger partial charge in [0, 0.05) is 6.07 Å². The van der Waals surface area contributed by atoms with Crippen LogP contribution in [-0.2, 0) is 4.74 Å². The molecule has 2 aliphatic rings. The van der Waals surface area contributed by atoms with Crippen LogP contribution in [0.2, 0.25) is 0 Å². The molecule has 31 heavy (non-hydrogen) atoms. The van der Waals surface area contributed by atoms with Gasteiger partial charge in [-0.2, -0.15) is 0 Å². The Kier molecular flexibility index (Phi) is 5.73. The molecule has 6 atom stereocenters. The van der Waals surface area contributed by atoms with Crippen LogP contribution in [0, 0.1) is 0 Å². The number of benzene rings is 2. The molecule has 0 radical (unpaired) electrons. The van der Waals surface area contributed by atoms with Gasteiger partial charge in [-0.1, -0.05) is 30.3 Å². The quantitative estimate of drug-likeness (QED) is 0.360. The molecule has 0 bridgehead atoms. The summed E-state index contributed by atoms with van der Waals surface area (Å²) in [4.78, 5) is 12.6. The van der Waals surface area contributed by atoms with E-state index in [-0.39, 0.29) is 23.5 Å². The topological polar surface area (TPSA) is 166 Å². The van der Waals surface area contributed by atoms with E-state index in [1.165, 1.54) is 6.07 Å². The van der Waals surface area contributed by atoms with Crippen molar-refractivity contribution in [2.45, 2.75) is 43.2 Å². The monoisotopic (exact) mass is 434 g/mol. The molecule has 0 saturated carbocycles. The van der Waals surface area contributed by atoms with Crippen molar-refractivity contribution >= 4 is 5.78 Å². The molecular formula is C21H22O10. The fourth-order valence-electron chi connectivity index (χ4n) is 3.67. The smallest absolute Gasteiger partial charge is 0.229 e. The third-order valence-electron chi connectivity index (χ3n) is 5.38. The molecular weight excluding hydrogens is 412 g/mol. The van der Waals surface area contributed by atoms with Gasteiger partial charge in [-0.3, -0.25) is 4.79 Å². The van der Waals surface area contributed by atoms with E-state index in [0.717, 1.165) is 5.56 Å². The van der Waals surface area contributed by atoms with Crippen molar-refractivity contribution in [1.29, 1.82) is 0 Å². The molecule has 2 aromatic rings. The molecule has 10 nitrogen and oxygen atoms in total. The summed E-state index contributed by atoms with van der Waals surface area (Å²) in [6.07, 6.45) is -8.49. The Bertz CT molecular complexity index is 960. The van der Waals surface area contributed by atoms with E-state index in [1.54, 1.807) is 24.3 Å². The maximum absolute atomic E-state index is 12.6. The molecule has 10 heteroatoms. The van der Waals surface area contributed by atoms with Crippen LogP contribution in [0.1, 0.15) is 28.4 Å². The minimum atomic E-state index is -1.73. The number of rotatable bonds is 4. The number of phenolic OH excluding ortho intramolecular Hbond substituents is 2. The lowest BCUT2D eigenvalue weighted by atomic mass is 9.95. The molecule has 6 unspecified atom stereocenters. The number of hydrogen-bond donors (Lipinski definition) is 6. The zero-order valence-corrected chi connectivity index (χ0v) is 16.2. The summed E-state index contributed by atoms with van der Waals surface area (Å²) in [5, 5.41) is 59.9.